The molecular formula is C16H20N2O. The Kier molecular flexibility index (Phi) is 4.17. The zero-order valence-corrected chi connectivity index (χ0v) is 11.7. The van der Waals surface area contributed by atoms with Crippen molar-refractivity contribution in [3.05, 3.63) is 53.7 Å². The second-order valence-electron chi connectivity index (χ2n) is 4.72. The van der Waals surface area contributed by atoms with Crippen molar-refractivity contribution >= 4 is 11.5 Å². The third-order valence-corrected chi connectivity index (χ3v) is 3.37. The minimum atomic E-state index is -0.427. The number of nitrogens with zero attached hydrogens (tertiary/aromatic N) is 2. The van der Waals surface area contributed by atoms with Crippen molar-refractivity contribution in [3.8, 4) is 0 Å². The van der Waals surface area contributed by atoms with Crippen LogP contribution in [-0.4, -0.2) is 17.1 Å². The van der Waals surface area contributed by atoms with E-state index in [-0.39, 0.29) is 0 Å². The molecule has 0 saturated carbocycles. The number of para-hydroxylation sites is 1. The molecular weight excluding hydrogens is 236 g/mol. The number of rotatable bonds is 4. The van der Waals surface area contributed by atoms with E-state index in [0.717, 1.165) is 22.6 Å². The SMILES string of the molecule is CCC(O)c1cnc(N(C)c2ccccc2)cc1C. The van der Waals surface area contributed by atoms with E-state index in [1.807, 2.05) is 62.2 Å². The van der Waals surface area contributed by atoms with E-state index < -0.39 is 6.10 Å². The fourth-order valence-corrected chi connectivity index (χ4v) is 2.09. The Morgan fingerprint density at radius 3 is 2.53 bits per heavy atom. The molecule has 0 bridgehead atoms. The molecule has 1 N–H and O–H groups in total. The van der Waals surface area contributed by atoms with Gasteiger partial charge in [-0.1, -0.05) is 25.1 Å². The molecule has 1 aromatic heterocycles. The molecule has 1 heterocycles. The standard InChI is InChI=1S/C16H20N2O/c1-4-15(19)14-11-17-16(10-12(14)2)18(3)13-8-6-5-7-9-13/h5-11,15,19H,4H2,1-3H3. The Bertz CT molecular complexity index is 540. The summed E-state index contributed by atoms with van der Waals surface area (Å²) in [7, 11) is 1.99. The van der Waals surface area contributed by atoms with Crippen LogP contribution in [0.4, 0.5) is 11.5 Å². The number of pyridine rings is 1. The van der Waals surface area contributed by atoms with Crippen molar-refractivity contribution in [3.63, 3.8) is 0 Å². The largest absolute Gasteiger partial charge is 0.388 e. The smallest absolute Gasteiger partial charge is 0.132 e. The molecule has 1 unspecified atom stereocenters. The molecule has 1 aromatic carbocycles. The first-order valence-electron chi connectivity index (χ1n) is 6.57. The lowest BCUT2D eigenvalue weighted by Gasteiger charge is -2.20. The van der Waals surface area contributed by atoms with Crippen LogP contribution in [0, 0.1) is 6.92 Å². The zero-order chi connectivity index (χ0) is 13.8. The van der Waals surface area contributed by atoms with E-state index in [9.17, 15) is 5.11 Å². The number of hydrogen-bond donors (Lipinski definition) is 1. The molecule has 100 valence electrons. The average Bonchev–Trinajstić information content (AvgIpc) is 2.46. The number of anilines is 2. The van der Waals surface area contributed by atoms with Gasteiger partial charge in [0.05, 0.1) is 6.10 Å². The van der Waals surface area contributed by atoms with Crippen molar-refractivity contribution in [2.75, 3.05) is 11.9 Å². The highest BCUT2D eigenvalue weighted by atomic mass is 16.3. The number of aryl methyl sites for hydroxylation is 1. The van der Waals surface area contributed by atoms with Crippen LogP contribution >= 0.6 is 0 Å². The van der Waals surface area contributed by atoms with Gasteiger partial charge in [0.2, 0.25) is 0 Å². The Morgan fingerprint density at radius 1 is 1.26 bits per heavy atom. The molecule has 0 aliphatic heterocycles. The first-order valence-corrected chi connectivity index (χ1v) is 6.57. The van der Waals surface area contributed by atoms with Gasteiger partial charge in [-0.25, -0.2) is 4.98 Å². The van der Waals surface area contributed by atoms with Crippen LogP contribution < -0.4 is 4.90 Å². The van der Waals surface area contributed by atoms with Crippen molar-refractivity contribution in [1.82, 2.24) is 4.98 Å². The van der Waals surface area contributed by atoms with Gasteiger partial charge in [0.1, 0.15) is 5.82 Å². The molecule has 1 atom stereocenters. The predicted molar refractivity (Wildman–Crippen MR) is 78.7 cm³/mol. The summed E-state index contributed by atoms with van der Waals surface area (Å²) >= 11 is 0. The van der Waals surface area contributed by atoms with Crippen molar-refractivity contribution in [1.29, 1.82) is 0 Å². The molecule has 2 rings (SSSR count). The monoisotopic (exact) mass is 256 g/mol. The summed E-state index contributed by atoms with van der Waals surface area (Å²) in [6.07, 6.45) is 2.05. The molecule has 0 amide bonds. The first kappa shape index (κ1) is 13.6. The molecule has 0 spiro atoms. The molecule has 3 nitrogen and oxygen atoms in total. The van der Waals surface area contributed by atoms with E-state index >= 15 is 0 Å². The Labute approximate surface area is 114 Å². The van der Waals surface area contributed by atoms with Crippen LogP contribution in [0.3, 0.4) is 0 Å². The van der Waals surface area contributed by atoms with Gasteiger partial charge in [-0.2, -0.15) is 0 Å². The summed E-state index contributed by atoms with van der Waals surface area (Å²) in [5.41, 5.74) is 3.08. The Balaban J connectivity index is 2.30. The Morgan fingerprint density at radius 2 is 1.95 bits per heavy atom. The van der Waals surface area contributed by atoms with Crippen molar-refractivity contribution in [2.45, 2.75) is 26.4 Å². The van der Waals surface area contributed by atoms with Crippen LogP contribution in [0.5, 0.6) is 0 Å². The lowest BCUT2D eigenvalue weighted by molar-refractivity contribution is 0.172. The van der Waals surface area contributed by atoms with Gasteiger partial charge < -0.3 is 10.0 Å². The average molecular weight is 256 g/mol. The lowest BCUT2D eigenvalue weighted by Crippen LogP contribution is -2.12. The number of hydrogen-bond acceptors (Lipinski definition) is 3. The van der Waals surface area contributed by atoms with Gasteiger partial charge in [0.15, 0.2) is 0 Å². The summed E-state index contributed by atoms with van der Waals surface area (Å²) in [5.74, 6) is 0.885. The second-order valence-corrected chi connectivity index (χ2v) is 4.72. The van der Waals surface area contributed by atoms with Gasteiger partial charge in [-0.05, 0) is 37.1 Å². The van der Waals surface area contributed by atoms with Crippen LogP contribution in [-0.2, 0) is 0 Å². The summed E-state index contributed by atoms with van der Waals surface area (Å²) in [4.78, 5) is 6.49. The van der Waals surface area contributed by atoms with Crippen LogP contribution in [0.25, 0.3) is 0 Å². The minimum absolute atomic E-state index is 0.427. The number of aliphatic hydroxyl groups excluding tert-OH is 1. The van der Waals surface area contributed by atoms with E-state index in [2.05, 4.69) is 4.98 Å². The maximum Gasteiger partial charge on any atom is 0.132 e. The third-order valence-electron chi connectivity index (χ3n) is 3.37. The van der Waals surface area contributed by atoms with E-state index in [4.69, 9.17) is 0 Å². The summed E-state index contributed by atoms with van der Waals surface area (Å²) in [6, 6.07) is 12.1. The third kappa shape index (κ3) is 2.93. The van der Waals surface area contributed by atoms with E-state index in [1.54, 1.807) is 6.20 Å². The predicted octanol–water partition coefficient (Wildman–Crippen LogP) is 3.60. The quantitative estimate of drug-likeness (QED) is 0.908. The van der Waals surface area contributed by atoms with Gasteiger partial charge in [0.25, 0.3) is 0 Å². The van der Waals surface area contributed by atoms with E-state index in [0.29, 0.717) is 6.42 Å². The molecule has 0 aliphatic carbocycles. The van der Waals surface area contributed by atoms with Gasteiger partial charge in [-0.3, -0.25) is 0 Å². The summed E-state index contributed by atoms with van der Waals surface area (Å²) in [6.45, 7) is 3.98. The maximum absolute atomic E-state index is 9.90. The van der Waals surface area contributed by atoms with Gasteiger partial charge in [0, 0.05) is 24.5 Å². The Hall–Kier alpha value is -1.87. The maximum atomic E-state index is 9.90. The first-order chi connectivity index (χ1) is 9.13. The van der Waals surface area contributed by atoms with Crippen molar-refractivity contribution < 1.29 is 5.11 Å². The normalized spacial score (nSPS) is 12.2. The molecule has 2 aromatic rings. The van der Waals surface area contributed by atoms with Crippen LogP contribution in [0.15, 0.2) is 42.6 Å². The van der Waals surface area contributed by atoms with Crippen LogP contribution in [0.1, 0.15) is 30.6 Å². The number of aliphatic hydroxyl groups is 1. The molecule has 0 fully saturated rings. The number of benzene rings is 1. The second kappa shape index (κ2) is 5.85. The molecule has 0 radical (unpaired) electrons. The highest BCUT2D eigenvalue weighted by molar-refractivity contribution is 5.59. The molecule has 0 saturated heterocycles. The topological polar surface area (TPSA) is 36.4 Å². The molecule has 0 aliphatic rings. The van der Waals surface area contributed by atoms with Crippen LogP contribution in [0.2, 0.25) is 0 Å². The minimum Gasteiger partial charge on any atom is -0.388 e. The lowest BCUT2D eigenvalue weighted by atomic mass is 10.0. The highest BCUT2D eigenvalue weighted by Gasteiger charge is 2.11. The van der Waals surface area contributed by atoms with E-state index in [1.165, 1.54) is 0 Å². The fourth-order valence-electron chi connectivity index (χ4n) is 2.09. The molecule has 19 heavy (non-hydrogen) atoms. The highest BCUT2D eigenvalue weighted by Crippen LogP contribution is 2.26. The summed E-state index contributed by atoms with van der Waals surface area (Å²) in [5, 5.41) is 9.90. The fraction of sp³-hybridized carbons (Fsp3) is 0.312. The summed E-state index contributed by atoms with van der Waals surface area (Å²) < 4.78 is 0. The van der Waals surface area contributed by atoms with Crippen molar-refractivity contribution in [2.24, 2.45) is 0 Å². The van der Waals surface area contributed by atoms with Gasteiger partial charge >= 0.3 is 0 Å². The molecule has 3 heteroatoms. The number of aromatic nitrogens is 1. The van der Waals surface area contributed by atoms with Gasteiger partial charge in [-0.15, -0.1) is 0 Å². The zero-order valence-electron chi connectivity index (χ0n) is 11.7.